The molecule has 2 N–H and O–H groups in total. The van der Waals surface area contributed by atoms with Crippen LogP contribution in [0.4, 0.5) is 10.2 Å². The van der Waals surface area contributed by atoms with Gasteiger partial charge in [0, 0.05) is 6.54 Å². The average Bonchev–Trinajstić information content (AvgIpc) is 2.89. The minimum atomic E-state index is -0.192. The first-order valence-corrected chi connectivity index (χ1v) is 5.87. The van der Waals surface area contributed by atoms with Gasteiger partial charge in [0.1, 0.15) is 18.0 Å². The summed E-state index contributed by atoms with van der Waals surface area (Å²) < 4.78 is 13.2. The molecule has 0 bridgehead atoms. The van der Waals surface area contributed by atoms with Crippen molar-refractivity contribution >= 4 is 16.9 Å². The lowest BCUT2D eigenvalue weighted by Crippen LogP contribution is -2.02. The first-order chi connectivity index (χ1) is 9.24. The number of H-pyrrole nitrogens is 1. The minimum absolute atomic E-state index is 0.192. The van der Waals surface area contributed by atoms with Crippen molar-refractivity contribution in [3.63, 3.8) is 0 Å². The van der Waals surface area contributed by atoms with Crippen LogP contribution in [0, 0.1) is 12.7 Å². The van der Waals surface area contributed by atoms with Gasteiger partial charge < -0.3 is 5.32 Å². The Labute approximate surface area is 108 Å². The number of aromatic amines is 1. The second-order valence-corrected chi connectivity index (χ2v) is 4.29. The Kier molecular flexibility index (Phi) is 2.83. The van der Waals surface area contributed by atoms with E-state index >= 15 is 0 Å². The number of benzene rings is 1. The molecule has 0 atom stereocenters. The minimum Gasteiger partial charge on any atom is -0.365 e. The van der Waals surface area contributed by atoms with E-state index in [1.54, 1.807) is 19.2 Å². The molecule has 5 nitrogen and oxygen atoms in total. The molecular weight excluding hydrogens is 245 g/mol. The summed E-state index contributed by atoms with van der Waals surface area (Å²) in [6.07, 6.45) is 3.15. The van der Waals surface area contributed by atoms with Gasteiger partial charge >= 0.3 is 0 Å². The van der Waals surface area contributed by atoms with E-state index in [1.807, 2.05) is 6.07 Å². The van der Waals surface area contributed by atoms with Crippen molar-refractivity contribution in [2.45, 2.75) is 13.5 Å². The normalized spacial score (nSPS) is 10.8. The maximum atomic E-state index is 13.2. The summed E-state index contributed by atoms with van der Waals surface area (Å²) in [5.41, 5.74) is 2.32. The molecule has 0 fully saturated rings. The lowest BCUT2D eigenvalue weighted by atomic mass is 10.1. The van der Waals surface area contributed by atoms with Crippen molar-refractivity contribution in [2.75, 3.05) is 5.32 Å². The standard InChI is InChI=1S/C13H12FN5/c1-8-4-9(2-3-11(8)14)5-15-12-10-6-18-19-13(10)17-7-16-12/h2-4,6-7H,5H2,1H3,(H2,15,16,17,18,19). The van der Waals surface area contributed by atoms with E-state index in [9.17, 15) is 4.39 Å². The second kappa shape index (κ2) is 4.64. The van der Waals surface area contributed by atoms with Gasteiger partial charge in [-0.1, -0.05) is 12.1 Å². The molecule has 0 unspecified atom stereocenters. The maximum absolute atomic E-state index is 13.2. The molecule has 96 valence electrons. The highest BCUT2D eigenvalue weighted by atomic mass is 19.1. The van der Waals surface area contributed by atoms with E-state index in [0.29, 0.717) is 23.6 Å². The van der Waals surface area contributed by atoms with Gasteiger partial charge in [-0.05, 0) is 24.1 Å². The van der Waals surface area contributed by atoms with Gasteiger partial charge in [0.2, 0.25) is 0 Å². The van der Waals surface area contributed by atoms with E-state index in [1.165, 1.54) is 12.4 Å². The zero-order valence-electron chi connectivity index (χ0n) is 10.3. The van der Waals surface area contributed by atoms with Crippen LogP contribution in [0.15, 0.2) is 30.7 Å². The molecule has 0 radical (unpaired) electrons. The van der Waals surface area contributed by atoms with Gasteiger partial charge in [-0.25, -0.2) is 14.4 Å². The summed E-state index contributed by atoms with van der Waals surface area (Å²) in [6, 6.07) is 5.04. The molecule has 19 heavy (non-hydrogen) atoms. The van der Waals surface area contributed by atoms with Crippen LogP contribution in [0.5, 0.6) is 0 Å². The van der Waals surface area contributed by atoms with E-state index in [0.717, 1.165) is 10.9 Å². The Morgan fingerprint density at radius 3 is 3.05 bits per heavy atom. The molecular formula is C13H12FN5. The highest BCUT2D eigenvalue weighted by molar-refractivity contribution is 5.85. The maximum Gasteiger partial charge on any atom is 0.160 e. The Balaban J connectivity index is 1.82. The molecule has 1 aromatic carbocycles. The van der Waals surface area contributed by atoms with Gasteiger partial charge in [0.05, 0.1) is 11.6 Å². The Bertz CT molecular complexity index is 722. The molecule has 0 aliphatic rings. The zero-order chi connectivity index (χ0) is 13.2. The van der Waals surface area contributed by atoms with Gasteiger partial charge in [-0.3, -0.25) is 5.10 Å². The van der Waals surface area contributed by atoms with E-state index in [2.05, 4.69) is 25.5 Å². The highest BCUT2D eigenvalue weighted by Gasteiger charge is 2.05. The molecule has 0 aliphatic carbocycles. The number of nitrogens with zero attached hydrogens (tertiary/aromatic N) is 3. The van der Waals surface area contributed by atoms with Crippen molar-refractivity contribution in [3.8, 4) is 0 Å². The van der Waals surface area contributed by atoms with Crippen molar-refractivity contribution in [2.24, 2.45) is 0 Å². The molecule has 0 amide bonds. The smallest absolute Gasteiger partial charge is 0.160 e. The van der Waals surface area contributed by atoms with Crippen LogP contribution in [0.2, 0.25) is 0 Å². The molecule has 2 heterocycles. The Morgan fingerprint density at radius 1 is 1.32 bits per heavy atom. The van der Waals surface area contributed by atoms with E-state index < -0.39 is 0 Å². The molecule has 0 spiro atoms. The van der Waals surface area contributed by atoms with Crippen LogP contribution in [-0.4, -0.2) is 20.2 Å². The number of aryl methyl sites for hydroxylation is 1. The Hall–Kier alpha value is -2.50. The summed E-state index contributed by atoms with van der Waals surface area (Å²) in [5, 5.41) is 10.7. The molecule has 3 aromatic rings. The Morgan fingerprint density at radius 2 is 2.21 bits per heavy atom. The lowest BCUT2D eigenvalue weighted by Gasteiger charge is -2.07. The predicted octanol–water partition coefficient (Wildman–Crippen LogP) is 2.41. The van der Waals surface area contributed by atoms with Crippen LogP contribution in [-0.2, 0) is 6.54 Å². The summed E-state index contributed by atoms with van der Waals surface area (Å²) in [6.45, 7) is 2.32. The third kappa shape index (κ3) is 2.24. The quantitative estimate of drug-likeness (QED) is 0.756. The number of nitrogens with one attached hydrogen (secondary N) is 2. The second-order valence-electron chi connectivity index (χ2n) is 4.29. The predicted molar refractivity (Wildman–Crippen MR) is 70.1 cm³/mol. The van der Waals surface area contributed by atoms with Gasteiger partial charge in [0.25, 0.3) is 0 Å². The lowest BCUT2D eigenvalue weighted by molar-refractivity contribution is 0.617. The number of aromatic nitrogens is 4. The molecule has 0 saturated heterocycles. The van der Waals surface area contributed by atoms with Gasteiger partial charge in [-0.15, -0.1) is 0 Å². The molecule has 2 aromatic heterocycles. The molecule has 3 rings (SSSR count). The van der Waals surface area contributed by atoms with Gasteiger partial charge in [-0.2, -0.15) is 5.10 Å². The SMILES string of the molecule is Cc1cc(CNc2ncnc3[nH]ncc23)ccc1F. The molecule has 6 heteroatoms. The fourth-order valence-electron chi connectivity index (χ4n) is 1.91. The number of rotatable bonds is 3. The number of fused-ring (bicyclic) bond motifs is 1. The van der Waals surface area contributed by atoms with Crippen molar-refractivity contribution in [1.29, 1.82) is 0 Å². The number of anilines is 1. The van der Waals surface area contributed by atoms with Gasteiger partial charge in [0.15, 0.2) is 5.65 Å². The number of halogens is 1. The first kappa shape index (κ1) is 11.6. The van der Waals surface area contributed by atoms with Crippen LogP contribution in [0.25, 0.3) is 11.0 Å². The van der Waals surface area contributed by atoms with Crippen molar-refractivity contribution < 1.29 is 4.39 Å². The van der Waals surface area contributed by atoms with E-state index in [4.69, 9.17) is 0 Å². The van der Waals surface area contributed by atoms with E-state index in [-0.39, 0.29) is 5.82 Å². The monoisotopic (exact) mass is 257 g/mol. The first-order valence-electron chi connectivity index (χ1n) is 5.87. The van der Waals surface area contributed by atoms with Crippen LogP contribution >= 0.6 is 0 Å². The summed E-state index contributed by atoms with van der Waals surface area (Å²) >= 11 is 0. The fraction of sp³-hybridized carbons (Fsp3) is 0.154. The zero-order valence-corrected chi connectivity index (χ0v) is 10.3. The average molecular weight is 257 g/mol. The van der Waals surface area contributed by atoms with Crippen LogP contribution in [0.3, 0.4) is 0 Å². The summed E-state index contributed by atoms with van der Waals surface area (Å²) in [7, 11) is 0. The third-order valence-corrected chi connectivity index (χ3v) is 2.93. The summed E-state index contributed by atoms with van der Waals surface area (Å²) in [4.78, 5) is 8.24. The van der Waals surface area contributed by atoms with Crippen LogP contribution < -0.4 is 5.32 Å². The molecule has 0 aliphatic heterocycles. The number of hydrogen-bond acceptors (Lipinski definition) is 4. The third-order valence-electron chi connectivity index (χ3n) is 2.93. The van der Waals surface area contributed by atoms with Crippen molar-refractivity contribution in [1.82, 2.24) is 20.2 Å². The summed E-state index contributed by atoms with van der Waals surface area (Å²) in [5.74, 6) is 0.517. The van der Waals surface area contributed by atoms with Crippen LogP contribution in [0.1, 0.15) is 11.1 Å². The van der Waals surface area contributed by atoms with Crippen molar-refractivity contribution in [3.05, 3.63) is 47.7 Å². The topological polar surface area (TPSA) is 66.5 Å². The molecule has 0 saturated carbocycles. The fourth-order valence-corrected chi connectivity index (χ4v) is 1.91. The number of hydrogen-bond donors (Lipinski definition) is 2. The highest BCUT2D eigenvalue weighted by Crippen LogP contribution is 2.17. The largest absolute Gasteiger partial charge is 0.365 e.